The predicted molar refractivity (Wildman–Crippen MR) is 56.4 cm³/mol. The van der Waals surface area contributed by atoms with Gasteiger partial charge in [0.05, 0.1) is 0 Å². The summed E-state index contributed by atoms with van der Waals surface area (Å²) >= 11 is 8.95. The molecule has 1 unspecified atom stereocenters. The monoisotopic (exact) mass is 314 g/mol. The molecule has 0 bridgehead atoms. The first kappa shape index (κ1) is 17.2. The summed E-state index contributed by atoms with van der Waals surface area (Å²) in [6.07, 6.45) is 0. The molecule has 0 amide bonds. The molecule has 0 aromatic carbocycles. The zero-order valence-electron chi connectivity index (χ0n) is 7.08. The van der Waals surface area contributed by atoms with Gasteiger partial charge in [-0.2, -0.15) is 0 Å². The van der Waals surface area contributed by atoms with Gasteiger partial charge < -0.3 is 9.42 Å². The molecule has 2 nitrogen and oxygen atoms in total. The van der Waals surface area contributed by atoms with Crippen molar-refractivity contribution in [2.24, 2.45) is 0 Å². The van der Waals surface area contributed by atoms with Gasteiger partial charge in [-0.25, -0.2) is 0 Å². The van der Waals surface area contributed by atoms with Crippen LogP contribution in [0.4, 0.5) is 0 Å². The van der Waals surface area contributed by atoms with Crippen molar-refractivity contribution in [3.63, 3.8) is 0 Å². The fourth-order valence-electron chi connectivity index (χ4n) is 0.344. The second-order valence-electron chi connectivity index (χ2n) is 1.66. The Morgan fingerprint density at radius 3 is 2.67 bits per heavy atom. The summed E-state index contributed by atoms with van der Waals surface area (Å²) in [6.45, 7) is 5.75. The van der Waals surface area contributed by atoms with Crippen LogP contribution in [0.2, 0.25) is 0 Å². The molecule has 0 aromatic rings. The molecule has 66 valence electrons. The second kappa shape index (κ2) is 9.04. The third-order valence-corrected chi connectivity index (χ3v) is 5.60. The fraction of sp³-hybridized carbons (Fsp3) is 0.600. The van der Waals surface area contributed by atoms with Crippen molar-refractivity contribution in [1.29, 1.82) is 0 Å². The van der Waals surface area contributed by atoms with Crippen molar-refractivity contribution in [1.82, 2.24) is 0 Å². The summed E-state index contributed by atoms with van der Waals surface area (Å²) in [4.78, 5) is 11.2. The Labute approximate surface area is 133 Å². The van der Waals surface area contributed by atoms with Crippen LogP contribution in [0.5, 0.6) is 0 Å². The van der Waals surface area contributed by atoms with Crippen LogP contribution in [0.15, 0.2) is 11.1 Å². The first-order valence-electron chi connectivity index (χ1n) is 2.91. The molecular formula is C5H9BrKO2PS2. The number of halogens is 1. The molecule has 0 aliphatic heterocycles. The van der Waals surface area contributed by atoms with Crippen LogP contribution >= 0.6 is 33.0 Å². The predicted octanol–water partition coefficient (Wildman–Crippen LogP) is -0.747. The first-order valence-corrected chi connectivity index (χ1v) is 7.93. The average molecular weight is 315 g/mol. The van der Waals surface area contributed by atoms with E-state index in [1.165, 1.54) is 0 Å². The Bertz CT molecular complexity index is 190. The van der Waals surface area contributed by atoms with E-state index >= 15 is 0 Å². The summed E-state index contributed by atoms with van der Waals surface area (Å²) in [5.74, 6) is 0.529. The van der Waals surface area contributed by atoms with Gasteiger partial charge in [-0.3, -0.25) is 0 Å². The molecule has 0 rings (SSSR count). The topological polar surface area (TPSA) is 32.3 Å². The molecule has 0 radical (unpaired) electrons. The van der Waals surface area contributed by atoms with E-state index in [1.54, 1.807) is 6.92 Å². The van der Waals surface area contributed by atoms with Crippen molar-refractivity contribution in [3.8, 4) is 0 Å². The molecule has 12 heavy (non-hydrogen) atoms. The Kier molecular flexibility index (Phi) is 12.9. The zero-order chi connectivity index (χ0) is 8.91. The molecule has 0 aromatic heterocycles. The Balaban J connectivity index is 0. The molecule has 0 saturated heterocycles. The quantitative estimate of drug-likeness (QED) is 0.494. The molecule has 0 spiro atoms. The first-order chi connectivity index (χ1) is 4.98. The molecule has 0 aliphatic carbocycles. The van der Waals surface area contributed by atoms with Gasteiger partial charge in [0.1, 0.15) is 0 Å². The molecule has 0 saturated carbocycles. The number of rotatable bonds is 5. The second-order valence-corrected chi connectivity index (χ2v) is 8.83. The summed E-state index contributed by atoms with van der Waals surface area (Å²) in [6, 6.07) is 0. The van der Waals surface area contributed by atoms with Gasteiger partial charge in [0.25, 0.3) is 0 Å². The molecular weight excluding hydrogens is 306 g/mol. The summed E-state index contributed by atoms with van der Waals surface area (Å²) in [7, 11) is 0. The van der Waals surface area contributed by atoms with Crippen LogP contribution in [-0.4, -0.2) is 12.4 Å². The number of hydrogen-bond donors (Lipinski definition) is 0. The minimum absolute atomic E-state index is 0. The minimum Gasteiger partial charge on any atom is -0.793 e. The molecule has 0 fully saturated rings. The Morgan fingerprint density at radius 2 is 2.33 bits per heavy atom. The van der Waals surface area contributed by atoms with Crippen LogP contribution in [0.25, 0.3) is 0 Å². The third-order valence-electron chi connectivity index (χ3n) is 0.666. The summed E-state index contributed by atoms with van der Waals surface area (Å²) < 4.78 is 5.62. The van der Waals surface area contributed by atoms with Gasteiger partial charge in [0.15, 0.2) is 0 Å². The standard InChI is InChI=1S/C5H10BrO2PS2.K/c1-3-8-9(7,10)11-4-5(2)6;/h2-4H2,1H3,(H,7,10);/q;+1/p-1. The van der Waals surface area contributed by atoms with Crippen LogP contribution in [0, 0.1) is 0 Å². The van der Waals surface area contributed by atoms with Crippen LogP contribution in [-0.2, 0) is 16.3 Å². The van der Waals surface area contributed by atoms with Crippen molar-refractivity contribution in [3.05, 3.63) is 11.1 Å². The van der Waals surface area contributed by atoms with E-state index < -0.39 is 5.69 Å². The zero-order valence-corrected chi connectivity index (χ0v) is 14.3. The molecule has 0 N–H and O–H groups in total. The molecule has 1 atom stereocenters. The maximum Gasteiger partial charge on any atom is 1.00 e. The van der Waals surface area contributed by atoms with Gasteiger partial charge in [0.2, 0.25) is 0 Å². The van der Waals surface area contributed by atoms with Crippen LogP contribution in [0.3, 0.4) is 0 Å². The van der Waals surface area contributed by atoms with E-state index in [9.17, 15) is 4.89 Å². The van der Waals surface area contributed by atoms with Gasteiger partial charge >= 0.3 is 51.4 Å². The van der Waals surface area contributed by atoms with Crippen LogP contribution in [0.1, 0.15) is 6.92 Å². The molecule has 0 heterocycles. The number of hydrogen-bond acceptors (Lipinski definition) is 4. The SMILES string of the molecule is C=C(Br)CSP([O-])(=S)OCC.[K+]. The normalized spacial score (nSPS) is 14.6. The fourth-order valence-corrected chi connectivity index (χ4v) is 4.18. The molecule has 7 heteroatoms. The van der Waals surface area contributed by atoms with E-state index in [0.29, 0.717) is 12.4 Å². The van der Waals surface area contributed by atoms with Gasteiger partial charge in [0, 0.05) is 18.1 Å². The van der Waals surface area contributed by atoms with E-state index in [1.807, 2.05) is 0 Å². The van der Waals surface area contributed by atoms with E-state index in [-0.39, 0.29) is 51.4 Å². The van der Waals surface area contributed by atoms with Crippen LogP contribution < -0.4 is 56.3 Å². The maximum absolute atomic E-state index is 11.2. The van der Waals surface area contributed by atoms with Gasteiger partial charge in [-0.05, 0) is 11.4 Å². The summed E-state index contributed by atoms with van der Waals surface area (Å²) in [5, 5.41) is 0. The maximum atomic E-state index is 11.2. The van der Waals surface area contributed by atoms with E-state index in [4.69, 9.17) is 16.3 Å². The van der Waals surface area contributed by atoms with E-state index in [0.717, 1.165) is 15.9 Å². The average Bonchev–Trinajstić information content (AvgIpc) is 1.84. The van der Waals surface area contributed by atoms with Crippen molar-refractivity contribution < 1.29 is 60.8 Å². The molecule has 0 aliphatic rings. The Morgan fingerprint density at radius 1 is 1.83 bits per heavy atom. The van der Waals surface area contributed by atoms with Crippen molar-refractivity contribution in [2.75, 3.05) is 12.4 Å². The Hall–Kier alpha value is 2.78. The third kappa shape index (κ3) is 10.9. The smallest absolute Gasteiger partial charge is 0.793 e. The minimum atomic E-state index is -2.84. The summed E-state index contributed by atoms with van der Waals surface area (Å²) in [5.41, 5.74) is -2.84. The largest absolute Gasteiger partial charge is 1.00 e. The van der Waals surface area contributed by atoms with Gasteiger partial charge in [-0.15, -0.1) is 11.4 Å². The van der Waals surface area contributed by atoms with E-state index in [2.05, 4.69) is 22.5 Å². The van der Waals surface area contributed by atoms with Gasteiger partial charge in [-0.1, -0.05) is 34.3 Å². The van der Waals surface area contributed by atoms with Crippen molar-refractivity contribution >= 4 is 44.8 Å². The van der Waals surface area contributed by atoms with Crippen molar-refractivity contribution in [2.45, 2.75) is 6.92 Å².